The summed E-state index contributed by atoms with van der Waals surface area (Å²) < 4.78 is 19.4. The first-order valence-electron chi connectivity index (χ1n) is 17.1. The monoisotopic (exact) mass is 633 g/mol. The summed E-state index contributed by atoms with van der Waals surface area (Å²) in [4.78, 5) is 20.6. The van der Waals surface area contributed by atoms with Gasteiger partial charge < -0.3 is 29.5 Å². The van der Waals surface area contributed by atoms with Crippen molar-refractivity contribution >= 4 is 17.4 Å². The summed E-state index contributed by atoms with van der Waals surface area (Å²) in [7, 11) is 3.77. The lowest BCUT2D eigenvalue weighted by molar-refractivity contribution is -0.173. The van der Waals surface area contributed by atoms with Gasteiger partial charge >= 0.3 is 5.97 Å². The van der Waals surface area contributed by atoms with Crippen LogP contribution in [0.5, 0.6) is 0 Å². The first-order chi connectivity index (χ1) is 22.2. The van der Waals surface area contributed by atoms with E-state index in [1.165, 1.54) is 11.3 Å². The van der Waals surface area contributed by atoms with Crippen molar-refractivity contribution < 1.29 is 24.1 Å². The van der Waals surface area contributed by atoms with Crippen LogP contribution in [0.1, 0.15) is 77.2 Å². The molecule has 10 heteroatoms. The number of ether oxygens (including phenoxy) is 3. The topological polar surface area (TPSA) is 114 Å². The fourth-order valence-electron chi connectivity index (χ4n) is 7.67. The number of carboxylic acid groups (broad SMARTS) is 1. The smallest absolute Gasteiger partial charge is 0.335 e. The van der Waals surface area contributed by atoms with Gasteiger partial charge in [-0.15, -0.1) is 0 Å². The average Bonchev–Trinajstić information content (AvgIpc) is 3.61. The van der Waals surface area contributed by atoms with Crippen LogP contribution < -0.4 is 5.32 Å². The van der Waals surface area contributed by atoms with Gasteiger partial charge in [-0.3, -0.25) is 4.99 Å². The number of epoxide rings is 1. The van der Waals surface area contributed by atoms with Crippen molar-refractivity contribution in [2.75, 3.05) is 40.5 Å². The summed E-state index contributed by atoms with van der Waals surface area (Å²) in [6.45, 7) is 8.90. The molecule has 0 bridgehead atoms. The Morgan fingerprint density at radius 3 is 2.78 bits per heavy atom. The van der Waals surface area contributed by atoms with Gasteiger partial charge in [0.1, 0.15) is 11.8 Å². The van der Waals surface area contributed by atoms with Crippen molar-refractivity contribution in [3.8, 4) is 0 Å². The largest absolute Gasteiger partial charge is 0.479 e. The Morgan fingerprint density at radius 1 is 1.28 bits per heavy atom. The van der Waals surface area contributed by atoms with Gasteiger partial charge in [0.25, 0.3) is 0 Å². The summed E-state index contributed by atoms with van der Waals surface area (Å²) >= 11 is 0. The summed E-state index contributed by atoms with van der Waals surface area (Å²) in [5.41, 5.74) is 3.88. The molecule has 5 atom stereocenters. The van der Waals surface area contributed by atoms with Crippen LogP contribution in [0.3, 0.4) is 0 Å². The zero-order valence-corrected chi connectivity index (χ0v) is 28.1. The summed E-state index contributed by atoms with van der Waals surface area (Å²) in [6.07, 6.45) is 20.7. The standard InChI is InChI=1S/C36H51N5O5/c1-6-7-8-28(26-21-38-41(23-26)27-11-9-24(2)10-12-27)35(3)39-32(31-29(40(35)4)22-37-18-15-30-33(31)46-30)25-13-16-36(17-14-25,34(42)43)45-20-19-44-5/h7-9,11-12,21,23-25,28,30,33,37H,6,10,13-20,22H2,1-5H3,(H,42,43). The van der Waals surface area contributed by atoms with Crippen LogP contribution in [0.25, 0.3) is 5.70 Å². The molecule has 10 nitrogen and oxygen atoms in total. The number of likely N-dealkylation sites (N-methyl/N-ethyl adjacent to an activating group) is 1. The number of hydrogen-bond donors (Lipinski definition) is 2. The number of hydrogen-bond acceptors (Lipinski definition) is 8. The normalized spacial score (nSPS) is 33.5. The third-order valence-corrected chi connectivity index (χ3v) is 10.7. The molecule has 2 N–H and O–H groups in total. The van der Waals surface area contributed by atoms with Crippen molar-refractivity contribution in [1.29, 1.82) is 0 Å². The van der Waals surface area contributed by atoms with Crippen molar-refractivity contribution in [2.45, 2.75) is 95.1 Å². The Kier molecular flexibility index (Phi) is 9.71. The molecule has 0 spiro atoms. The van der Waals surface area contributed by atoms with E-state index in [9.17, 15) is 9.90 Å². The number of nitrogens with one attached hydrogen (secondary N) is 1. The summed E-state index contributed by atoms with van der Waals surface area (Å²) in [5.74, 6) is -0.313. The van der Waals surface area contributed by atoms with Gasteiger partial charge in [-0.05, 0) is 70.4 Å². The fourth-order valence-corrected chi connectivity index (χ4v) is 7.67. The van der Waals surface area contributed by atoms with E-state index in [1.807, 2.05) is 10.9 Å². The Bertz CT molecular complexity index is 1430. The lowest BCUT2D eigenvalue weighted by Gasteiger charge is -2.49. The molecule has 0 radical (unpaired) electrons. The number of aliphatic imine (C=N–C) groups is 1. The molecule has 2 fully saturated rings. The van der Waals surface area contributed by atoms with E-state index in [4.69, 9.17) is 24.3 Å². The molecule has 4 heterocycles. The van der Waals surface area contributed by atoms with Crippen LogP contribution in [0.2, 0.25) is 0 Å². The minimum atomic E-state index is -1.19. The Morgan fingerprint density at radius 2 is 2.09 bits per heavy atom. The lowest BCUT2D eigenvalue weighted by Crippen LogP contribution is -2.54. The van der Waals surface area contributed by atoms with Gasteiger partial charge in [0.2, 0.25) is 0 Å². The number of nitrogens with zero attached hydrogens (tertiary/aromatic N) is 4. The second-order valence-corrected chi connectivity index (χ2v) is 13.7. The van der Waals surface area contributed by atoms with E-state index in [1.54, 1.807) is 7.11 Å². The number of carbonyl (C=O) groups is 1. The summed E-state index contributed by atoms with van der Waals surface area (Å²) in [6, 6.07) is 0. The van der Waals surface area contributed by atoms with Gasteiger partial charge in [-0.25, -0.2) is 9.48 Å². The van der Waals surface area contributed by atoms with Crippen molar-refractivity contribution in [1.82, 2.24) is 20.0 Å². The van der Waals surface area contributed by atoms with Gasteiger partial charge in [0.05, 0.1) is 31.2 Å². The zero-order chi connectivity index (χ0) is 32.5. The van der Waals surface area contributed by atoms with Gasteiger partial charge in [0, 0.05) is 61.3 Å². The summed E-state index contributed by atoms with van der Waals surface area (Å²) in [5, 5.41) is 18.7. The highest BCUT2D eigenvalue weighted by Crippen LogP contribution is 2.48. The number of fused-ring (bicyclic) bond motifs is 2. The molecule has 6 rings (SSSR count). The Labute approximate surface area is 273 Å². The maximum atomic E-state index is 12.5. The molecule has 5 unspecified atom stereocenters. The first-order valence-corrected chi connectivity index (χ1v) is 17.1. The maximum Gasteiger partial charge on any atom is 0.335 e. The van der Waals surface area contributed by atoms with Crippen LogP contribution in [0, 0.1) is 11.8 Å². The Hall–Kier alpha value is -3.05. The third kappa shape index (κ3) is 6.29. The first kappa shape index (κ1) is 32.9. The predicted octanol–water partition coefficient (Wildman–Crippen LogP) is 5.16. The molecular weight excluding hydrogens is 582 g/mol. The lowest BCUT2D eigenvalue weighted by atomic mass is 9.73. The second-order valence-electron chi connectivity index (χ2n) is 13.7. The van der Waals surface area contributed by atoms with Crippen LogP contribution >= 0.6 is 0 Å². The Balaban J connectivity index is 1.38. The molecule has 1 saturated heterocycles. The van der Waals surface area contributed by atoms with Crippen LogP contribution in [0.4, 0.5) is 0 Å². The second kappa shape index (κ2) is 13.6. The van der Waals surface area contributed by atoms with Gasteiger partial charge in [-0.2, -0.15) is 5.10 Å². The van der Waals surface area contributed by atoms with E-state index in [0.29, 0.717) is 38.2 Å². The fraction of sp³-hybridized carbons (Fsp3) is 0.639. The quantitative estimate of drug-likeness (QED) is 0.195. The molecule has 1 saturated carbocycles. The molecule has 5 aliphatic rings. The van der Waals surface area contributed by atoms with E-state index < -0.39 is 17.2 Å². The SMILES string of the molecule is CCC=CC(c1cnn(C2=CCC(C)C=C2)c1)C1(C)N=C(C2CCC(OCCOC)(C(=O)O)CC2)C2=C(CNCCC3OC23)N1C. The number of rotatable bonds is 11. The highest BCUT2D eigenvalue weighted by Gasteiger charge is 2.53. The molecular formula is C36H51N5O5. The number of carboxylic acids is 1. The van der Waals surface area contributed by atoms with Crippen LogP contribution in [0.15, 0.2) is 59.0 Å². The van der Waals surface area contributed by atoms with E-state index in [2.05, 4.69) is 74.6 Å². The zero-order valence-electron chi connectivity index (χ0n) is 28.1. The molecule has 46 heavy (non-hydrogen) atoms. The molecule has 1 aromatic heterocycles. The third-order valence-electron chi connectivity index (χ3n) is 10.7. The minimum Gasteiger partial charge on any atom is -0.479 e. The highest BCUT2D eigenvalue weighted by atomic mass is 16.6. The van der Waals surface area contributed by atoms with Crippen LogP contribution in [-0.2, 0) is 19.0 Å². The molecule has 3 aliphatic heterocycles. The number of allylic oxidation sites excluding steroid dienone is 5. The number of methoxy groups -OCH3 is 1. The minimum absolute atomic E-state index is 0.0340. The number of aliphatic carboxylic acids is 1. The average molecular weight is 634 g/mol. The van der Waals surface area contributed by atoms with Crippen molar-refractivity contribution in [3.63, 3.8) is 0 Å². The number of aromatic nitrogens is 2. The maximum absolute atomic E-state index is 12.5. The van der Waals surface area contributed by atoms with Gasteiger partial charge in [0.15, 0.2) is 5.60 Å². The van der Waals surface area contributed by atoms with Crippen LogP contribution in [-0.4, -0.2) is 95.4 Å². The van der Waals surface area contributed by atoms with E-state index >= 15 is 0 Å². The molecule has 250 valence electrons. The predicted molar refractivity (Wildman–Crippen MR) is 179 cm³/mol. The van der Waals surface area contributed by atoms with Crippen molar-refractivity contribution in [2.24, 2.45) is 16.8 Å². The van der Waals surface area contributed by atoms with E-state index in [-0.39, 0.29) is 30.7 Å². The molecule has 1 aromatic rings. The highest BCUT2D eigenvalue weighted by molar-refractivity contribution is 6.05. The van der Waals surface area contributed by atoms with Crippen molar-refractivity contribution in [3.05, 3.63) is 59.6 Å². The molecule has 0 amide bonds. The molecule has 0 aromatic carbocycles. The van der Waals surface area contributed by atoms with Gasteiger partial charge in [-0.1, -0.05) is 38.2 Å². The molecule has 2 aliphatic carbocycles. The van der Waals surface area contributed by atoms with E-state index in [0.717, 1.165) is 49.3 Å².